The maximum Gasteiger partial charge on any atom is 0.137 e. The lowest BCUT2D eigenvalue weighted by molar-refractivity contribution is -0.118. The number of aromatic nitrogens is 1. The fraction of sp³-hybridized carbons (Fsp3) is 0.333. The molecule has 1 heterocycles. The topological polar surface area (TPSA) is 30.0 Å². The molecule has 3 heteroatoms. The van der Waals surface area contributed by atoms with Gasteiger partial charge in [0.1, 0.15) is 5.78 Å². The molecule has 0 radical (unpaired) electrons. The molecular weight excluding hydrogens is 254 g/mol. The van der Waals surface area contributed by atoms with Crippen molar-refractivity contribution >= 4 is 21.7 Å². The molecule has 0 aromatic carbocycles. The Labute approximate surface area is 98.5 Å². The van der Waals surface area contributed by atoms with Gasteiger partial charge in [0, 0.05) is 22.8 Å². The highest BCUT2D eigenvalue weighted by atomic mass is 79.9. The first kappa shape index (κ1) is 12.1. The van der Waals surface area contributed by atoms with Crippen LogP contribution in [0.4, 0.5) is 0 Å². The second-order valence-electron chi connectivity index (χ2n) is 3.76. The zero-order valence-electron chi connectivity index (χ0n) is 8.96. The number of pyridine rings is 1. The molecule has 1 atom stereocenters. The van der Waals surface area contributed by atoms with Crippen LogP contribution < -0.4 is 0 Å². The van der Waals surface area contributed by atoms with Gasteiger partial charge >= 0.3 is 0 Å². The fourth-order valence-electron chi connectivity index (χ4n) is 1.46. The summed E-state index contributed by atoms with van der Waals surface area (Å²) in [5.41, 5.74) is 1.95. The van der Waals surface area contributed by atoms with Crippen LogP contribution in [0.3, 0.4) is 0 Å². The highest BCUT2D eigenvalue weighted by Crippen LogP contribution is 2.25. The fourth-order valence-corrected chi connectivity index (χ4v) is 1.85. The largest absolute Gasteiger partial charge is 0.299 e. The van der Waals surface area contributed by atoms with Crippen LogP contribution in [-0.2, 0) is 4.79 Å². The van der Waals surface area contributed by atoms with E-state index in [1.165, 1.54) is 0 Å². The van der Waals surface area contributed by atoms with Gasteiger partial charge < -0.3 is 0 Å². The summed E-state index contributed by atoms with van der Waals surface area (Å²) in [7, 11) is 0. The van der Waals surface area contributed by atoms with Crippen LogP contribution in [0.2, 0.25) is 0 Å². The van der Waals surface area contributed by atoms with E-state index in [-0.39, 0.29) is 11.7 Å². The third kappa shape index (κ3) is 3.59. The second kappa shape index (κ2) is 5.21. The number of hydrogen-bond donors (Lipinski definition) is 0. The van der Waals surface area contributed by atoms with Crippen LogP contribution >= 0.6 is 15.9 Å². The van der Waals surface area contributed by atoms with E-state index >= 15 is 0 Å². The van der Waals surface area contributed by atoms with Crippen molar-refractivity contribution in [3.05, 3.63) is 40.6 Å². The maximum absolute atomic E-state index is 11.5. The lowest BCUT2D eigenvalue weighted by atomic mass is 9.91. The van der Waals surface area contributed by atoms with E-state index in [0.717, 1.165) is 15.6 Å². The SMILES string of the molecule is C=C(C)CC(C(C)=O)c1cncc(Br)c1. The molecule has 15 heavy (non-hydrogen) atoms. The quantitative estimate of drug-likeness (QED) is 0.782. The lowest BCUT2D eigenvalue weighted by Crippen LogP contribution is -2.09. The van der Waals surface area contributed by atoms with Gasteiger partial charge in [-0.25, -0.2) is 0 Å². The van der Waals surface area contributed by atoms with Crippen molar-refractivity contribution in [2.24, 2.45) is 0 Å². The number of rotatable bonds is 4. The lowest BCUT2D eigenvalue weighted by Gasteiger charge is -2.13. The van der Waals surface area contributed by atoms with Gasteiger partial charge in [0.2, 0.25) is 0 Å². The van der Waals surface area contributed by atoms with Gasteiger partial charge in [0.25, 0.3) is 0 Å². The molecule has 0 saturated heterocycles. The summed E-state index contributed by atoms with van der Waals surface area (Å²) in [6.07, 6.45) is 4.13. The van der Waals surface area contributed by atoms with Gasteiger partial charge in [-0.1, -0.05) is 5.57 Å². The molecule has 1 rings (SSSR count). The monoisotopic (exact) mass is 267 g/mol. The Morgan fingerprint density at radius 2 is 2.20 bits per heavy atom. The highest BCUT2D eigenvalue weighted by Gasteiger charge is 2.17. The minimum Gasteiger partial charge on any atom is -0.299 e. The molecule has 0 spiro atoms. The number of Topliss-reactive ketones (excluding diaryl/α,β-unsaturated/α-hetero) is 1. The van der Waals surface area contributed by atoms with Crippen LogP contribution in [0.15, 0.2) is 35.1 Å². The van der Waals surface area contributed by atoms with Crippen molar-refractivity contribution in [2.75, 3.05) is 0 Å². The molecule has 0 bridgehead atoms. The van der Waals surface area contributed by atoms with E-state index < -0.39 is 0 Å². The summed E-state index contributed by atoms with van der Waals surface area (Å²) < 4.78 is 0.896. The number of hydrogen-bond acceptors (Lipinski definition) is 2. The van der Waals surface area contributed by atoms with Crippen LogP contribution in [0, 0.1) is 0 Å². The van der Waals surface area contributed by atoms with E-state index in [4.69, 9.17) is 0 Å². The molecule has 1 aromatic heterocycles. The maximum atomic E-state index is 11.5. The molecule has 0 N–H and O–H groups in total. The van der Waals surface area contributed by atoms with Gasteiger partial charge in [-0.05, 0) is 47.8 Å². The predicted molar refractivity (Wildman–Crippen MR) is 64.8 cm³/mol. The number of ketones is 1. The van der Waals surface area contributed by atoms with Gasteiger partial charge in [0.15, 0.2) is 0 Å². The Morgan fingerprint density at radius 3 is 2.67 bits per heavy atom. The highest BCUT2D eigenvalue weighted by molar-refractivity contribution is 9.10. The average molecular weight is 268 g/mol. The molecular formula is C12H14BrNO. The van der Waals surface area contributed by atoms with E-state index in [1.54, 1.807) is 19.3 Å². The Kier molecular flexibility index (Phi) is 4.21. The summed E-state index contributed by atoms with van der Waals surface area (Å²) in [6, 6.07) is 1.93. The zero-order valence-corrected chi connectivity index (χ0v) is 10.5. The second-order valence-corrected chi connectivity index (χ2v) is 4.68. The summed E-state index contributed by atoms with van der Waals surface area (Å²) in [4.78, 5) is 15.6. The summed E-state index contributed by atoms with van der Waals surface area (Å²) in [5.74, 6) is 0.0328. The summed E-state index contributed by atoms with van der Waals surface area (Å²) >= 11 is 3.35. The molecule has 0 amide bonds. The van der Waals surface area contributed by atoms with Crippen molar-refractivity contribution < 1.29 is 4.79 Å². The van der Waals surface area contributed by atoms with Gasteiger partial charge in [-0.3, -0.25) is 9.78 Å². The average Bonchev–Trinajstić information content (AvgIpc) is 2.13. The smallest absolute Gasteiger partial charge is 0.137 e. The standard InChI is InChI=1S/C12H14BrNO/c1-8(2)4-12(9(3)15)10-5-11(13)7-14-6-10/h5-7,12H,1,4H2,2-3H3. The molecule has 2 nitrogen and oxygen atoms in total. The van der Waals surface area contributed by atoms with Gasteiger partial charge in [-0.15, -0.1) is 6.58 Å². The number of allylic oxidation sites excluding steroid dienone is 1. The molecule has 80 valence electrons. The van der Waals surface area contributed by atoms with Crippen LogP contribution in [-0.4, -0.2) is 10.8 Å². The molecule has 1 aromatic rings. The Morgan fingerprint density at radius 1 is 1.53 bits per heavy atom. The van der Waals surface area contributed by atoms with Gasteiger partial charge in [0.05, 0.1) is 0 Å². The van der Waals surface area contributed by atoms with E-state index in [2.05, 4.69) is 27.5 Å². The van der Waals surface area contributed by atoms with Crippen molar-refractivity contribution in [3.63, 3.8) is 0 Å². The van der Waals surface area contributed by atoms with Crippen molar-refractivity contribution in [2.45, 2.75) is 26.2 Å². The van der Waals surface area contributed by atoms with Crippen LogP contribution in [0.5, 0.6) is 0 Å². The molecule has 0 aliphatic rings. The third-order valence-electron chi connectivity index (χ3n) is 2.17. The van der Waals surface area contributed by atoms with Crippen molar-refractivity contribution in [1.29, 1.82) is 0 Å². The first-order valence-corrected chi connectivity index (χ1v) is 5.55. The van der Waals surface area contributed by atoms with E-state index in [9.17, 15) is 4.79 Å². The Bertz CT molecular complexity index is 387. The first-order chi connectivity index (χ1) is 7.00. The molecule has 0 fully saturated rings. The molecule has 0 aliphatic heterocycles. The number of carbonyl (C=O) groups is 1. The molecule has 0 aliphatic carbocycles. The van der Waals surface area contributed by atoms with Crippen LogP contribution in [0.1, 0.15) is 31.7 Å². The normalized spacial score (nSPS) is 12.2. The first-order valence-electron chi connectivity index (χ1n) is 4.76. The van der Waals surface area contributed by atoms with Gasteiger partial charge in [-0.2, -0.15) is 0 Å². The molecule has 1 unspecified atom stereocenters. The number of nitrogens with zero attached hydrogens (tertiary/aromatic N) is 1. The summed E-state index contributed by atoms with van der Waals surface area (Å²) in [6.45, 7) is 7.38. The zero-order chi connectivity index (χ0) is 11.4. The van der Waals surface area contributed by atoms with Crippen LogP contribution in [0.25, 0.3) is 0 Å². The van der Waals surface area contributed by atoms with E-state index in [1.807, 2.05) is 13.0 Å². The molecule has 0 saturated carbocycles. The minimum absolute atomic E-state index is 0.118. The summed E-state index contributed by atoms with van der Waals surface area (Å²) in [5, 5.41) is 0. The van der Waals surface area contributed by atoms with Crippen molar-refractivity contribution in [1.82, 2.24) is 4.98 Å². The number of halogens is 1. The van der Waals surface area contributed by atoms with E-state index in [0.29, 0.717) is 6.42 Å². The Hall–Kier alpha value is -0.960. The van der Waals surface area contributed by atoms with Crippen molar-refractivity contribution in [3.8, 4) is 0 Å². The Balaban J connectivity index is 2.98. The predicted octanol–water partition coefficient (Wildman–Crippen LogP) is 3.48. The minimum atomic E-state index is -0.118. The number of carbonyl (C=O) groups excluding carboxylic acids is 1. The third-order valence-corrected chi connectivity index (χ3v) is 2.61.